The average molecular weight is 287 g/mol. The van der Waals surface area contributed by atoms with Gasteiger partial charge in [0.2, 0.25) is 0 Å². The fraction of sp³-hybridized carbons (Fsp3) is 0.429. The summed E-state index contributed by atoms with van der Waals surface area (Å²) in [5, 5.41) is 2.80. The molecular formula is C14H17N5O2. The first-order valence-electron chi connectivity index (χ1n) is 6.92. The van der Waals surface area contributed by atoms with E-state index in [0.29, 0.717) is 18.1 Å². The fourth-order valence-electron chi connectivity index (χ4n) is 2.24. The van der Waals surface area contributed by atoms with Crippen molar-refractivity contribution in [2.45, 2.75) is 25.5 Å². The first-order chi connectivity index (χ1) is 10.2. The Balaban J connectivity index is 1.62. The topological polar surface area (TPSA) is 81.9 Å². The highest BCUT2D eigenvalue weighted by atomic mass is 16.5. The summed E-state index contributed by atoms with van der Waals surface area (Å²) >= 11 is 0. The quantitative estimate of drug-likeness (QED) is 0.907. The molecule has 1 N–H and O–H groups in total. The second-order valence-electron chi connectivity index (χ2n) is 5.01. The molecule has 21 heavy (non-hydrogen) atoms. The van der Waals surface area contributed by atoms with E-state index in [1.54, 1.807) is 29.4 Å². The predicted octanol–water partition coefficient (Wildman–Crippen LogP) is 0.992. The molecule has 0 spiro atoms. The molecule has 1 aliphatic heterocycles. The van der Waals surface area contributed by atoms with Crippen molar-refractivity contribution in [2.24, 2.45) is 7.05 Å². The smallest absolute Gasteiger partial charge is 0.271 e. The van der Waals surface area contributed by atoms with Gasteiger partial charge in [-0.05, 0) is 18.9 Å². The van der Waals surface area contributed by atoms with Gasteiger partial charge in [0.1, 0.15) is 11.8 Å². The standard InChI is InChI=1S/C14H17N5O2/c1-19-8-11(17-9-19)14(20)16-7-10-4-5-15-13(18-10)12-3-2-6-21-12/h4-5,8-9,12H,2-3,6-7H2,1H3,(H,16,20)/t12-/m0/s1. The Morgan fingerprint density at radius 2 is 2.43 bits per heavy atom. The summed E-state index contributed by atoms with van der Waals surface area (Å²) in [4.78, 5) is 24.6. The molecule has 0 saturated carbocycles. The van der Waals surface area contributed by atoms with Gasteiger partial charge in [0.15, 0.2) is 5.82 Å². The number of amides is 1. The molecule has 7 nitrogen and oxygen atoms in total. The number of carbonyl (C=O) groups excluding carboxylic acids is 1. The van der Waals surface area contributed by atoms with E-state index in [0.717, 1.165) is 25.1 Å². The third-order valence-electron chi connectivity index (χ3n) is 3.32. The number of hydrogen-bond acceptors (Lipinski definition) is 5. The number of hydrogen-bond donors (Lipinski definition) is 1. The van der Waals surface area contributed by atoms with Crippen molar-refractivity contribution in [1.29, 1.82) is 0 Å². The molecule has 2 aromatic rings. The molecule has 1 atom stereocenters. The minimum atomic E-state index is -0.215. The Hall–Kier alpha value is -2.28. The van der Waals surface area contributed by atoms with Crippen LogP contribution in [0.2, 0.25) is 0 Å². The number of rotatable bonds is 4. The van der Waals surface area contributed by atoms with E-state index >= 15 is 0 Å². The zero-order valence-corrected chi connectivity index (χ0v) is 11.8. The molecule has 2 aromatic heterocycles. The van der Waals surface area contributed by atoms with Gasteiger partial charge in [0.05, 0.1) is 18.6 Å². The largest absolute Gasteiger partial charge is 0.370 e. The lowest BCUT2D eigenvalue weighted by atomic mass is 10.2. The lowest BCUT2D eigenvalue weighted by molar-refractivity contribution is 0.0945. The summed E-state index contributed by atoms with van der Waals surface area (Å²) in [6, 6.07) is 1.79. The normalized spacial score (nSPS) is 17.9. The van der Waals surface area contributed by atoms with Crippen molar-refractivity contribution >= 4 is 5.91 Å². The molecule has 0 bridgehead atoms. The van der Waals surface area contributed by atoms with Crippen molar-refractivity contribution < 1.29 is 9.53 Å². The highest BCUT2D eigenvalue weighted by Crippen LogP contribution is 2.25. The number of imidazole rings is 1. The van der Waals surface area contributed by atoms with Crippen LogP contribution >= 0.6 is 0 Å². The number of nitrogens with one attached hydrogen (secondary N) is 1. The molecule has 0 aromatic carbocycles. The Labute approximate surface area is 122 Å². The summed E-state index contributed by atoms with van der Waals surface area (Å²) < 4.78 is 7.30. The summed E-state index contributed by atoms with van der Waals surface area (Å²) in [5.74, 6) is 0.477. The van der Waals surface area contributed by atoms with E-state index in [-0.39, 0.29) is 12.0 Å². The van der Waals surface area contributed by atoms with E-state index in [9.17, 15) is 4.79 Å². The van der Waals surface area contributed by atoms with Crippen LogP contribution in [-0.2, 0) is 18.3 Å². The van der Waals surface area contributed by atoms with Crippen LogP contribution in [0, 0.1) is 0 Å². The maximum atomic E-state index is 11.9. The van der Waals surface area contributed by atoms with Gasteiger partial charge in [-0.1, -0.05) is 0 Å². The SMILES string of the molecule is Cn1cnc(C(=O)NCc2ccnc([C@@H]3CCCO3)n2)c1. The maximum absolute atomic E-state index is 11.9. The van der Waals surface area contributed by atoms with Gasteiger partial charge in [-0.2, -0.15) is 0 Å². The number of aryl methyl sites for hydroxylation is 1. The van der Waals surface area contributed by atoms with E-state index in [2.05, 4.69) is 20.3 Å². The molecule has 110 valence electrons. The van der Waals surface area contributed by atoms with Gasteiger partial charge in [0.25, 0.3) is 5.91 Å². The molecule has 1 saturated heterocycles. The number of carbonyl (C=O) groups is 1. The lowest BCUT2D eigenvalue weighted by Gasteiger charge is -2.09. The number of aromatic nitrogens is 4. The molecular weight excluding hydrogens is 270 g/mol. The van der Waals surface area contributed by atoms with Gasteiger partial charge in [-0.25, -0.2) is 15.0 Å². The van der Waals surface area contributed by atoms with Crippen LogP contribution in [-0.4, -0.2) is 32.0 Å². The molecule has 1 amide bonds. The Bertz CT molecular complexity index is 634. The minimum absolute atomic E-state index is 0.0172. The number of nitrogens with zero attached hydrogens (tertiary/aromatic N) is 4. The van der Waals surface area contributed by atoms with Crippen molar-refractivity contribution in [3.63, 3.8) is 0 Å². The van der Waals surface area contributed by atoms with E-state index < -0.39 is 0 Å². The van der Waals surface area contributed by atoms with Crippen molar-refractivity contribution in [3.05, 3.63) is 42.0 Å². The van der Waals surface area contributed by atoms with Gasteiger partial charge < -0.3 is 14.6 Å². The Kier molecular flexibility index (Phi) is 3.92. The maximum Gasteiger partial charge on any atom is 0.271 e. The van der Waals surface area contributed by atoms with Crippen LogP contribution in [0.25, 0.3) is 0 Å². The minimum Gasteiger partial charge on any atom is -0.370 e. The fourth-order valence-corrected chi connectivity index (χ4v) is 2.24. The predicted molar refractivity (Wildman–Crippen MR) is 74.3 cm³/mol. The number of ether oxygens (including phenoxy) is 1. The van der Waals surface area contributed by atoms with Crippen LogP contribution in [0.15, 0.2) is 24.8 Å². The lowest BCUT2D eigenvalue weighted by Crippen LogP contribution is -2.24. The van der Waals surface area contributed by atoms with Gasteiger partial charge in [0, 0.05) is 26.0 Å². The van der Waals surface area contributed by atoms with Gasteiger partial charge >= 0.3 is 0 Å². The molecule has 3 heterocycles. The van der Waals surface area contributed by atoms with E-state index in [4.69, 9.17) is 4.74 Å². The third kappa shape index (κ3) is 3.25. The van der Waals surface area contributed by atoms with Gasteiger partial charge in [-0.15, -0.1) is 0 Å². The zero-order chi connectivity index (χ0) is 14.7. The highest BCUT2D eigenvalue weighted by Gasteiger charge is 2.20. The average Bonchev–Trinajstić information content (AvgIpc) is 3.16. The highest BCUT2D eigenvalue weighted by molar-refractivity contribution is 5.91. The van der Waals surface area contributed by atoms with Crippen molar-refractivity contribution in [3.8, 4) is 0 Å². The molecule has 1 aliphatic rings. The zero-order valence-electron chi connectivity index (χ0n) is 11.8. The van der Waals surface area contributed by atoms with Crippen LogP contribution in [0.3, 0.4) is 0 Å². The monoisotopic (exact) mass is 287 g/mol. The molecule has 0 unspecified atom stereocenters. The van der Waals surface area contributed by atoms with Gasteiger partial charge in [-0.3, -0.25) is 4.79 Å². The second-order valence-corrected chi connectivity index (χ2v) is 5.01. The Morgan fingerprint density at radius 1 is 1.52 bits per heavy atom. The van der Waals surface area contributed by atoms with Crippen LogP contribution < -0.4 is 5.32 Å². The van der Waals surface area contributed by atoms with Crippen molar-refractivity contribution in [2.75, 3.05) is 6.61 Å². The molecule has 7 heteroatoms. The van der Waals surface area contributed by atoms with E-state index in [1.807, 2.05) is 7.05 Å². The van der Waals surface area contributed by atoms with Crippen LogP contribution in [0.5, 0.6) is 0 Å². The first-order valence-corrected chi connectivity index (χ1v) is 6.92. The summed E-state index contributed by atoms with van der Waals surface area (Å²) in [7, 11) is 1.82. The van der Waals surface area contributed by atoms with E-state index in [1.165, 1.54) is 0 Å². The molecule has 1 fully saturated rings. The molecule has 3 rings (SSSR count). The third-order valence-corrected chi connectivity index (χ3v) is 3.32. The first kappa shape index (κ1) is 13.7. The summed E-state index contributed by atoms with van der Waals surface area (Å²) in [5.41, 5.74) is 1.16. The summed E-state index contributed by atoms with van der Waals surface area (Å²) in [6.45, 7) is 1.10. The summed E-state index contributed by atoms with van der Waals surface area (Å²) in [6.07, 6.45) is 6.93. The second kappa shape index (κ2) is 6.01. The van der Waals surface area contributed by atoms with Crippen molar-refractivity contribution in [1.82, 2.24) is 24.8 Å². The van der Waals surface area contributed by atoms with Crippen LogP contribution in [0.1, 0.15) is 41.0 Å². The Morgan fingerprint density at radius 3 is 3.14 bits per heavy atom. The van der Waals surface area contributed by atoms with Crippen LogP contribution in [0.4, 0.5) is 0 Å². The molecule has 0 radical (unpaired) electrons. The molecule has 0 aliphatic carbocycles.